The number of Topliss-reactive ketones (excluding diaryl/α,β-unsaturated/α-hetero) is 1. The molecule has 0 spiro atoms. The molecule has 0 radical (unpaired) electrons. The second-order valence-electron chi connectivity index (χ2n) is 7.36. The lowest BCUT2D eigenvalue weighted by Crippen LogP contribution is -2.36. The number of ketones is 1. The minimum atomic E-state index is -4.09. The van der Waals surface area contributed by atoms with E-state index < -0.39 is 22.5 Å². The van der Waals surface area contributed by atoms with E-state index in [0.717, 1.165) is 15.9 Å². The summed E-state index contributed by atoms with van der Waals surface area (Å²) in [7, 11) is -4.09. The summed E-state index contributed by atoms with van der Waals surface area (Å²) >= 11 is 0. The van der Waals surface area contributed by atoms with Crippen LogP contribution in [-0.4, -0.2) is 18.8 Å². The monoisotopic (exact) mass is 458 g/mol. The predicted octanol–water partition coefficient (Wildman–Crippen LogP) is 4.17. The van der Waals surface area contributed by atoms with Gasteiger partial charge in [-0.3, -0.25) is 4.79 Å². The van der Waals surface area contributed by atoms with Crippen molar-refractivity contribution >= 4 is 43.0 Å². The number of hydrogen-bond donors (Lipinski definition) is 0. The van der Waals surface area contributed by atoms with E-state index in [0.29, 0.717) is 0 Å². The molecule has 0 saturated carbocycles. The molecule has 3 nitrogen and oxygen atoms in total. The van der Waals surface area contributed by atoms with Crippen LogP contribution in [0.25, 0.3) is 0 Å². The molecule has 4 aromatic rings. The van der Waals surface area contributed by atoms with Crippen molar-refractivity contribution in [2.45, 2.75) is 11.8 Å². The summed E-state index contributed by atoms with van der Waals surface area (Å²) in [5.74, 6) is -0.446. The fourth-order valence-corrected chi connectivity index (χ4v) is 11.8. The maximum Gasteiger partial charge on any atom is 0.211 e. The number of carbonyl (C=O) groups excluding carboxylic acids is 1. The summed E-state index contributed by atoms with van der Waals surface area (Å²) in [5.41, 5.74) is 0. The maximum atomic E-state index is 14.1. The fourth-order valence-electron chi connectivity index (χ4n) is 4.07. The minimum Gasteiger partial charge on any atom is -0.294 e. The molecule has 4 rings (SSSR count). The third-order valence-electron chi connectivity index (χ3n) is 5.34. The van der Waals surface area contributed by atoms with Gasteiger partial charge >= 0.3 is 0 Å². The van der Waals surface area contributed by atoms with E-state index in [1.807, 2.05) is 91.0 Å². The van der Waals surface area contributed by atoms with Crippen molar-refractivity contribution in [3.05, 3.63) is 121 Å². The van der Waals surface area contributed by atoms with Crippen LogP contribution in [0.5, 0.6) is 0 Å². The van der Waals surface area contributed by atoms with Crippen LogP contribution >= 0.6 is 6.89 Å². The van der Waals surface area contributed by atoms with Gasteiger partial charge in [-0.2, -0.15) is 0 Å². The Balaban J connectivity index is 2.33. The molecule has 0 fully saturated rings. The van der Waals surface area contributed by atoms with Crippen LogP contribution in [0.3, 0.4) is 0 Å². The Kier molecular flexibility index (Phi) is 6.27. The third-order valence-corrected chi connectivity index (χ3v) is 12.7. The zero-order valence-electron chi connectivity index (χ0n) is 17.6. The zero-order valence-corrected chi connectivity index (χ0v) is 19.3. The lowest BCUT2D eigenvalue weighted by molar-refractivity contribution is -0.110. The molecule has 0 aliphatic rings. The highest BCUT2D eigenvalue weighted by atomic mass is 32.2. The van der Waals surface area contributed by atoms with Gasteiger partial charge in [0.1, 0.15) is 4.63 Å². The van der Waals surface area contributed by atoms with Crippen molar-refractivity contribution in [1.82, 2.24) is 0 Å². The van der Waals surface area contributed by atoms with Crippen LogP contribution < -0.4 is 15.9 Å². The van der Waals surface area contributed by atoms with Gasteiger partial charge in [0, 0.05) is 6.89 Å². The molecule has 0 saturated heterocycles. The van der Waals surface area contributed by atoms with E-state index in [1.54, 1.807) is 30.3 Å². The van der Waals surface area contributed by atoms with Crippen molar-refractivity contribution in [2.75, 3.05) is 0 Å². The standard InChI is InChI=1S/C27H23O3PS/c1-22(28)27(32(29,30)26-20-12-5-13-21-26)31(23-14-6-2-7-15-23,24-16-8-3-9-17-24)25-18-10-4-11-19-25/h2-21H,1H3. The molecule has 4 aromatic carbocycles. The Labute approximate surface area is 189 Å². The lowest BCUT2D eigenvalue weighted by Gasteiger charge is -2.31. The van der Waals surface area contributed by atoms with Crippen LogP contribution in [-0.2, 0) is 14.6 Å². The SMILES string of the molecule is CC(=O)C(=P(c1ccccc1)(c1ccccc1)c1ccccc1)S(=O)(=O)c1ccccc1. The summed E-state index contributed by atoms with van der Waals surface area (Å²) in [6, 6.07) is 36.8. The van der Waals surface area contributed by atoms with Crippen molar-refractivity contribution < 1.29 is 13.2 Å². The summed E-state index contributed by atoms with van der Waals surface area (Å²) in [5, 5.41) is 2.46. The Bertz CT molecular complexity index is 1280. The van der Waals surface area contributed by atoms with E-state index in [9.17, 15) is 13.2 Å². The summed E-state index contributed by atoms with van der Waals surface area (Å²) in [6.45, 7) is -1.67. The Morgan fingerprint density at radius 2 is 0.875 bits per heavy atom. The molecule has 0 heterocycles. The van der Waals surface area contributed by atoms with E-state index in [2.05, 4.69) is 0 Å². The molecule has 160 valence electrons. The molecule has 5 heteroatoms. The van der Waals surface area contributed by atoms with E-state index >= 15 is 0 Å². The molecule has 0 aliphatic heterocycles. The van der Waals surface area contributed by atoms with Gasteiger partial charge in [-0.05, 0) is 35.0 Å². The lowest BCUT2D eigenvalue weighted by atomic mass is 10.4. The Hall–Kier alpha value is -3.20. The van der Waals surface area contributed by atoms with Gasteiger partial charge in [-0.1, -0.05) is 109 Å². The van der Waals surface area contributed by atoms with Crippen molar-refractivity contribution in [3.8, 4) is 0 Å². The first-order valence-electron chi connectivity index (χ1n) is 10.2. The van der Waals surface area contributed by atoms with Crippen LogP contribution in [0.15, 0.2) is 126 Å². The van der Waals surface area contributed by atoms with Gasteiger partial charge in [0.25, 0.3) is 0 Å². The van der Waals surface area contributed by atoms with Gasteiger partial charge < -0.3 is 0 Å². The number of sulfone groups is 1. The first-order valence-corrected chi connectivity index (χ1v) is 13.5. The van der Waals surface area contributed by atoms with Crippen molar-refractivity contribution in [3.63, 3.8) is 0 Å². The first kappa shape index (κ1) is 22.0. The molecule has 0 N–H and O–H groups in total. The molecular formula is C27H23O3PS. The van der Waals surface area contributed by atoms with Crippen molar-refractivity contribution in [2.24, 2.45) is 0 Å². The van der Waals surface area contributed by atoms with Gasteiger partial charge in [-0.25, -0.2) is 8.42 Å². The number of carbonyl (C=O) groups is 1. The second-order valence-corrected chi connectivity index (χ2v) is 12.9. The molecule has 0 aromatic heterocycles. The van der Waals surface area contributed by atoms with Gasteiger partial charge in [0.15, 0.2) is 5.78 Å². The van der Waals surface area contributed by atoms with Crippen LogP contribution in [0.1, 0.15) is 6.92 Å². The van der Waals surface area contributed by atoms with Gasteiger partial charge in [0.2, 0.25) is 9.84 Å². The van der Waals surface area contributed by atoms with E-state index in [-0.39, 0.29) is 9.52 Å². The van der Waals surface area contributed by atoms with Crippen LogP contribution in [0, 0.1) is 0 Å². The van der Waals surface area contributed by atoms with Gasteiger partial charge in [0.05, 0.1) is 4.90 Å². The molecule has 0 atom stereocenters. The Morgan fingerprint density at radius 3 is 1.19 bits per heavy atom. The maximum absolute atomic E-state index is 14.1. The van der Waals surface area contributed by atoms with Gasteiger partial charge in [-0.15, -0.1) is 0 Å². The number of rotatable bonds is 6. The first-order chi connectivity index (χ1) is 15.5. The molecule has 32 heavy (non-hydrogen) atoms. The average molecular weight is 459 g/mol. The number of hydrogen-bond acceptors (Lipinski definition) is 3. The predicted molar refractivity (Wildman–Crippen MR) is 134 cm³/mol. The number of benzene rings is 4. The topological polar surface area (TPSA) is 51.2 Å². The molecule has 0 amide bonds. The van der Waals surface area contributed by atoms with E-state index in [1.165, 1.54) is 6.92 Å². The highest BCUT2D eigenvalue weighted by Crippen LogP contribution is 2.48. The van der Waals surface area contributed by atoms with E-state index in [4.69, 9.17) is 0 Å². The van der Waals surface area contributed by atoms with Crippen LogP contribution in [0.2, 0.25) is 0 Å². The fraction of sp³-hybridized carbons (Fsp3) is 0.0370. The molecular weight excluding hydrogens is 435 g/mol. The largest absolute Gasteiger partial charge is 0.294 e. The van der Waals surface area contributed by atoms with Crippen molar-refractivity contribution in [1.29, 1.82) is 0 Å². The molecule has 0 unspecified atom stereocenters. The molecule has 0 bridgehead atoms. The quantitative estimate of drug-likeness (QED) is 0.408. The second kappa shape index (κ2) is 9.12. The summed E-state index contributed by atoms with van der Waals surface area (Å²) in [6.07, 6.45) is 0. The summed E-state index contributed by atoms with van der Waals surface area (Å²) < 4.78 is 28.2. The summed E-state index contributed by atoms with van der Waals surface area (Å²) in [4.78, 5) is 13.5. The normalized spacial score (nSPS) is 11.7. The zero-order chi connectivity index (χ0) is 22.6. The van der Waals surface area contributed by atoms with Crippen LogP contribution in [0.4, 0.5) is 0 Å². The third kappa shape index (κ3) is 3.77. The molecule has 0 aliphatic carbocycles. The Morgan fingerprint density at radius 1 is 0.562 bits per heavy atom. The highest BCUT2D eigenvalue weighted by molar-refractivity contribution is 8.22. The smallest absolute Gasteiger partial charge is 0.211 e. The highest BCUT2D eigenvalue weighted by Gasteiger charge is 2.39. The minimum absolute atomic E-state index is 0.0557. The average Bonchev–Trinajstić information content (AvgIpc) is 2.84.